The Labute approximate surface area is 147 Å². The van der Waals surface area contributed by atoms with Crippen molar-refractivity contribution in [1.29, 1.82) is 0 Å². The van der Waals surface area contributed by atoms with Gasteiger partial charge in [0.05, 0.1) is 11.6 Å². The van der Waals surface area contributed by atoms with Crippen molar-refractivity contribution in [3.8, 4) is 0 Å². The van der Waals surface area contributed by atoms with Crippen LogP contribution >= 0.6 is 12.2 Å². The summed E-state index contributed by atoms with van der Waals surface area (Å²) in [7, 11) is 0. The number of aryl methyl sites for hydroxylation is 1. The topological polar surface area (TPSA) is 53.2 Å². The maximum Gasteiger partial charge on any atom is 0.255 e. The molecule has 3 rings (SSSR count). The third-order valence-corrected chi connectivity index (χ3v) is 4.18. The van der Waals surface area contributed by atoms with Gasteiger partial charge < -0.3 is 16.0 Å². The molecule has 2 aromatic rings. The fraction of sp³-hybridized carbons (Fsp3) is 0.158. The standard InChI is InChI=1S/C19H19N3OS/c1-12-8-10-15(11-9-12)21-18(23)16-13(2)20-19(24)22-17(16)14-6-4-3-5-7-14/h3-11,17H,1-2H3,(H,21,23)(H2,20,22,24). The molecule has 1 atom stereocenters. The number of anilines is 1. The first kappa shape index (κ1) is 16.2. The van der Waals surface area contributed by atoms with Gasteiger partial charge in [-0.15, -0.1) is 0 Å². The number of allylic oxidation sites excluding steroid dienone is 1. The highest BCUT2D eigenvalue weighted by atomic mass is 32.1. The van der Waals surface area contributed by atoms with Gasteiger partial charge in [0.25, 0.3) is 5.91 Å². The van der Waals surface area contributed by atoms with Gasteiger partial charge in [0, 0.05) is 11.4 Å². The third kappa shape index (κ3) is 3.46. The number of amides is 1. The van der Waals surface area contributed by atoms with Crippen molar-refractivity contribution >= 4 is 28.9 Å². The van der Waals surface area contributed by atoms with Gasteiger partial charge in [-0.2, -0.15) is 0 Å². The van der Waals surface area contributed by atoms with E-state index in [0.717, 1.165) is 22.5 Å². The van der Waals surface area contributed by atoms with Crippen molar-refractivity contribution in [2.45, 2.75) is 19.9 Å². The van der Waals surface area contributed by atoms with Crippen LogP contribution < -0.4 is 16.0 Å². The van der Waals surface area contributed by atoms with Crippen LogP contribution in [0.2, 0.25) is 0 Å². The quantitative estimate of drug-likeness (QED) is 0.751. The molecular weight excluding hydrogens is 318 g/mol. The van der Waals surface area contributed by atoms with Gasteiger partial charge in [-0.05, 0) is 43.8 Å². The van der Waals surface area contributed by atoms with E-state index in [1.165, 1.54) is 0 Å². The molecule has 1 aliphatic heterocycles. The number of carbonyl (C=O) groups is 1. The lowest BCUT2D eigenvalue weighted by atomic mass is 9.95. The summed E-state index contributed by atoms with van der Waals surface area (Å²) in [6, 6.07) is 17.3. The maximum atomic E-state index is 12.9. The van der Waals surface area contributed by atoms with Crippen molar-refractivity contribution < 1.29 is 4.79 Å². The first-order valence-electron chi connectivity index (χ1n) is 7.76. The molecule has 2 aromatic carbocycles. The molecule has 0 saturated heterocycles. The van der Waals surface area contributed by atoms with E-state index in [1.807, 2.05) is 68.4 Å². The molecule has 0 aromatic heterocycles. The van der Waals surface area contributed by atoms with Crippen molar-refractivity contribution in [3.05, 3.63) is 77.0 Å². The molecule has 1 amide bonds. The van der Waals surface area contributed by atoms with Gasteiger partial charge >= 0.3 is 0 Å². The molecular formula is C19H19N3OS. The second-order valence-corrected chi connectivity index (χ2v) is 6.21. The van der Waals surface area contributed by atoms with Gasteiger partial charge in [0.2, 0.25) is 0 Å². The highest BCUT2D eigenvalue weighted by Gasteiger charge is 2.29. The van der Waals surface area contributed by atoms with E-state index in [1.54, 1.807) is 0 Å². The number of nitrogens with one attached hydrogen (secondary N) is 3. The van der Waals surface area contributed by atoms with Crippen LogP contribution in [-0.4, -0.2) is 11.0 Å². The molecule has 4 nitrogen and oxygen atoms in total. The molecule has 0 spiro atoms. The Hall–Kier alpha value is -2.66. The van der Waals surface area contributed by atoms with E-state index in [4.69, 9.17) is 12.2 Å². The molecule has 3 N–H and O–H groups in total. The lowest BCUT2D eigenvalue weighted by Gasteiger charge is -2.30. The zero-order chi connectivity index (χ0) is 17.1. The molecule has 1 heterocycles. The van der Waals surface area contributed by atoms with Gasteiger partial charge in [0.1, 0.15) is 0 Å². The predicted octanol–water partition coefficient (Wildman–Crippen LogP) is 3.43. The van der Waals surface area contributed by atoms with Crippen LogP contribution in [0.15, 0.2) is 65.9 Å². The minimum atomic E-state index is -0.273. The normalized spacial score (nSPS) is 17.1. The third-order valence-electron chi connectivity index (χ3n) is 3.96. The van der Waals surface area contributed by atoms with Crippen LogP contribution in [0.3, 0.4) is 0 Å². The van der Waals surface area contributed by atoms with Crippen LogP contribution in [0.4, 0.5) is 5.69 Å². The summed E-state index contributed by atoms with van der Waals surface area (Å²) < 4.78 is 0. The summed E-state index contributed by atoms with van der Waals surface area (Å²) >= 11 is 5.26. The van der Waals surface area contributed by atoms with Crippen molar-refractivity contribution in [2.24, 2.45) is 0 Å². The molecule has 5 heteroatoms. The summed E-state index contributed by atoms with van der Waals surface area (Å²) in [6.07, 6.45) is 0. The average molecular weight is 337 g/mol. The lowest BCUT2D eigenvalue weighted by molar-refractivity contribution is -0.113. The fourth-order valence-corrected chi connectivity index (χ4v) is 3.00. The Kier molecular flexibility index (Phi) is 4.62. The lowest BCUT2D eigenvalue weighted by Crippen LogP contribution is -2.45. The summed E-state index contributed by atoms with van der Waals surface area (Å²) in [6.45, 7) is 3.88. The number of benzene rings is 2. The van der Waals surface area contributed by atoms with E-state index in [2.05, 4.69) is 16.0 Å². The van der Waals surface area contributed by atoms with Gasteiger partial charge in [-0.3, -0.25) is 4.79 Å². The van der Waals surface area contributed by atoms with E-state index < -0.39 is 0 Å². The van der Waals surface area contributed by atoms with E-state index in [-0.39, 0.29) is 11.9 Å². The molecule has 1 unspecified atom stereocenters. The molecule has 1 aliphatic rings. The maximum absolute atomic E-state index is 12.9. The molecule has 24 heavy (non-hydrogen) atoms. The smallest absolute Gasteiger partial charge is 0.255 e. The predicted molar refractivity (Wildman–Crippen MR) is 101 cm³/mol. The van der Waals surface area contributed by atoms with E-state index >= 15 is 0 Å². The number of carbonyl (C=O) groups excluding carboxylic acids is 1. The van der Waals surface area contributed by atoms with Crippen molar-refractivity contribution in [3.63, 3.8) is 0 Å². The van der Waals surface area contributed by atoms with Crippen LogP contribution in [0.1, 0.15) is 24.1 Å². The highest BCUT2D eigenvalue weighted by molar-refractivity contribution is 7.80. The Balaban J connectivity index is 1.92. The second-order valence-electron chi connectivity index (χ2n) is 5.80. The minimum absolute atomic E-state index is 0.146. The largest absolute Gasteiger partial charge is 0.351 e. The van der Waals surface area contributed by atoms with Crippen LogP contribution in [0, 0.1) is 6.92 Å². The fourth-order valence-electron chi connectivity index (χ4n) is 2.73. The molecule has 0 saturated carbocycles. The zero-order valence-corrected chi connectivity index (χ0v) is 14.4. The molecule has 0 bridgehead atoms. The van der Waals surface area contributed by atoms with E-state index in [0.29, 0.717) is 10.7 Å². The Morgan fingerprint density at radius 1 is 1.04 bits per heavy atom. The first-order valence-corrected chi connectivity index (χ1v) is 8.16. The summed E-state index contributed by atoms with van der Waals surface area (Å²) in [5, 5.41) is 9.72. The molecule has 122 valence electrons. The van der Waals surface area contributed by atoms with Gasteiger partial charge in [0.15, 0.2) is 5.11 Å². The molecule has 0 fully saturated rings. The zero-order valence-electron chi connectivity index (χ0n) is 13.6. The van der Waals surface area contributed by atoms with E-state index in [9.17, 15) is 4.79 Å². The van der Waals surface area contributed by atoms with Gasteiger partial charge in [-0.25, -0.2) is 0 Å². The number of rotatable bonds is 3. The Bertz CT molecular complexity index is 797. The van der Waals surface area contributed by atoms with Crippen LogP contribution in [0.5, 0.6) is 0 Å². The van der Waals surface area contributed by atoms with Gasteiger partial charge in [-0.1, -0.05) is 48.0 Å². The Morgan fingerprint density at radius 2 is 1.71 bits per heavy atom. The number of thiocarbonyl (C=S) groups is 1. The summed E-state index contributed by atoms with van der Waals surface area (Å²) in [5.74, 6) is -0.146. The Morgan fingerprint density at radius 3 is 2.38 bits per heavy atom. The summed E-state index contributed by atoms with van der Waals surface area (Å²) in [4.78, 5) is 12.9. The number of hydrogen-bond donors (Lipinski definition) is 3. The highest BCUT2D eigenvalue weighted by Crippen LogP contribution is 2.27. The second kappa shape index (κ2) is 6.84. The monoisotopic (exact) mass is 337 g/mol. The first-order chi connectivity index (χ1) is 11.5. The van der Waals surface area contributed by atoms with Crippen molar-refractivity contribution in [1.82, 2.24) is 10.6 Å². The molecule has 0 radical (unpaired) electrons. The van der Waals surface area contributed by atoms with Crippen LogP contribution in [0.25, 0.3) is 0 Å². The average Bonchev–Trinajstić information content (AvgIpc) is 2.57. The molecule has 0 aliphatic carbocycles. The number of hydrogen-bond acceptors (Lipinski definition) is 2. The minimum Gasteiger partial charge on any atom is -0.351 e. The van der Waals surface area contributed by atoms with Crippen molar-refractivity contribution in [2.75, 3.05) is 5.32 Å². The summed E-state index contributed by atoms with van der Waals surface area (Å²) in [5.41, 5.74) is 4.31. The van der Waals surface area contributed by atoms with Crippen LogP contribution in [-0.2, 0) is 4.79 Å². The SMILES string of the molecule is CC1=C(C(=O)Nc2ccc(C)cc2)C(c2ccccc2)NC(=S)N1.